The van der Waals surface area contributed by atoms with Crippen LogP contribution in [0.25, 0.3) is 10.9 Å². The lowest BCUT2D eigenvalue weighted by Gasteiger charge is -2.32. The Bertz CT molecular complexity index is 1390. The van der Waals surface area contributed by atoms with Gasteiger partial charge in [-0.2, -0.15) is 0 Å². The van der Waals surface area contributed by atoms with Crippen molar-refractivity contribution in [1.29, 1.82) is 0 Å². The van der Waals surface area contributed by atoms with Crippen molar-refractivity contribution in [3.8, 4) is 5.75 Å². The number of thiazole rings is 1. The molecule has 1 amide bonds. The van der Waals surface area contributed by atoms with E-state index in [1.54, 1.807) is 36.5 Å². The quantitative estimate of drug-likeness (QED) is 0.294. The minimum atomic E-state index is -0.379. The van der Waals surface area contributed by atoms with Gasteiger partial charge in [-0.05, 0) is 49.6 Å². The number of aryl methyl sites for hydroxylation is 1. The van der Waals surface area contributed by atoms with Crippen LogP contribution in [0.3, 0.4) is 0 Å². The monoisotopic (exact) mass is 507 g/mol. The van der Waals surface area contributed by atoms with Crippen molar-refractivity contribution >= 4 is 50.7 Å². The van der Waals surface area contributed by atoms with Gasteiger partial charge in [-0.25, -0.2) is 4.98 Å². The molecule has 1 fully saturated rings. The molecule has 2 aromatic carbocycles. The van der Waals surface area contributed by atoms with E-state index >= 15 is 0 Å². The molecule has 6 nitrogen and oxygen atoms in total. The number of anilines is 1. The molecule has 0 unspecified atom stereocenters. The molecule has 180 valence electrons. The first-order valence-corrected chi connectivity index (χ1v) is 13.1. The van der Waals surface area contributed by atoms with E-state index < -0.39 is 0 Å². The molecule has 0 atom stereocenters. The van der Waals surface area contributed by atoms with E-state index in [9.17, 15) is 14.7 Å². The van der Waals surface area contributed by atoms with E-state index in [0.29, 0.717) is 32.2 Å². The number of ketones is 1. The van der Waals surface area contributed by atoms with Gasteiger partial charge in [0.2, 0.25) is 5.91 Å². The number of carbonyl (C=O) groups is 2. The maximum Gasteiger partial charge on any atom is 0.233 e. The second-order valence-electron chi connectivity index (χ2n) is 8.97. The molecule has 1 aliphatic carbocycles. The Balaban J connectivity index is 1.58. The summed E-state index contributed by atoms with van der Waals surface area (Å²) in [6.45, 7) is 1.89. The summed E-state index contributed by atoms with van der Waals surface area (Å²) in [6, 6.07) is 10.1. The fraction of sp³-hybridized carbons (Fsp3) is 0.296. The Kier molecular flexibility index (Phi) is 6.62. The number of phenols is 1. The van der Waals surface area contributed by atoms with Crippen LogP contribution >= 0.6 is 22.9 Å². The second kappa shape index (κ2) is 9.84. The van der Waals surface area contributed by atoms with E-state index in [1.807, 2.05) is 17.2 Å². The summed E-state index contributed by atoms with van der Waals surface area (Å²) in [6.07, 6.45) is 7.09. The molecule has 5 rings (SSSR count). The maximum atomic E-state index is 13.8. The molecular weight excluding hydrogens is 482 g/mol. The average molecular weight is 508 g/mol. The summed E-state index contributed by atoms with van der Waals surface area (Å²) in [7, 11) is 0. The van der Waals surface area contributed by atoms with Crippen molar-refractivity contribution in [3.63, 3.8) is 0 Å². The van der Waals surface area contributed by atoms with Crippen LogP contribution in [0, 0.1) is 6.92 Å². The first-order valence-electron chi connectivity index (χ1n) is 11.8. The van der Waals surface area contributed by atoms with Gasteiger partial charge in [0, 0.05) is 39.8 Å². The first kappa shape index (κ1) is 23.6. The number of hydrogen-bond acceptors (Lipinski definition) is 5. The molecule has 1 saturated carbocycles. The molecule has 0 saturated heterocycles. The van der Waals surface area contributed by atoms with Gasteiger partial charge < -0.3 is 10.1 Å². The van der Waals surface area contributed by atoms with E-state index in [4.69, 9.17) is 11.6 Å². The molecule has 35 heavy (non-hydrogen) atoms. The summed E-state index contributed by atoms with van der Waals surface area (Å²) < 4.78 is 0. The number of nitrogens with one attached hydrogen (secondary N) is 1. The highest BCUT2D eigenvalue weighted by Crippen LogP contribution is 2.36. The summed E-state index contributed by atoms with van der Waals surface area (Å²) in [4.78, 5) is 36.9. The van der Waals surface area contributed by atoms with Crippen LogP contribution in [0.5, 0.6) is 5.75 Å². The number of H-pyrrole nitrogens is 1. The number of aromatic nitrogens is 2. The van der Waals surface area contributed by atoms with Crippen molar-refractivity contribution in [3.05, 3.63) is 75.4 Å². The van der Waals surface area contributed by atoms with Crippen LogP contribution in [0.1, 0.15) is 59.3 Å². The third kappa shape index (κ3) is 4.46. The van der Waals surface area contributed by atoms with Gasteiger partial charge in [-0.1, -0.05) is 43.0 Å². The zero-order valence-electron chi connectivity index (χ0n) is 19.4. The number of rotatable bonds is 6. The first-order chi connectivity index (χ1) is 17.0. The summed E-state index contributed by atoms with van der Waals surface area (Å²) in [5.41, 5.74) is 2.64. The Labute approximate surface area is 212 Å². The average Bonchev–Trinajstić information content (AvgIpc) is 3.48. The van der Waals surface area contributed by atoms with E-state index in [-0.39, 0.29) is 35.5 Å². The van der Waals surface area contributed by atoms with Gasteiger partial charge in [-0.15, -0.1) is 11.3 Å². The number of fused-ring (bicyclic) bond motifs is 1. The van der Waals surface area contributed by atoms with Crippen molar-refractivity contribution in [1.82, 2.24) is 9.97 Å². The third-order valence-corrected chi connectivity index (χ3v) is 7.87. The molecule has 0 radical (unpaired) electrons. The largest absolute Gasteiger partial charge is 0.507 e. The lowest BCUT2D eigenvalue weighted by molar-refractivity contribution is -0.118. The normalized spacial score (nSPS) is 14.3. The zero-order valence-corrected chi connectivity index (χ0v) is 21.0. The molecule has 0 spiro atoms. The van der Waals surface area contributed by atoms with Crippen molar-refractivity contribution in [2.24, 2.45) is 0 Å². The SMILES string of the molecule is Cc1[nH]c2ccc(O)c(C(=O)c3ccccc3Cl)c2c1CC(=O)N(c1nccs1)C1CCCCC1. The minimum absolute atomic E-state index is 0.0599. The van der Waals surface area contributed by atoms with E-state index in [2.05, 4.69) is 9.97 Å². The lowest BCUT2D eigenvalue weighted by Crippen LogP contribution is -2.42. The second-order valence-corrected chi connectivity index (χ2v) is 10.2. The van der Waals surface area contributed by atoms with Gasteiger partial charge >= 0.3 is 0 Å². The van der Waals surface area contributed by atoms with Crippen molar-refractivity contribution in [2.45, 2.75) is 51.5 Å². The van der Waals surface area contributed by atoms with Gasteiger partial charge in [0.15, 0.2) is 10.9 Å². The number of amides is 1. The fourth-order valence-corrected chi connectivity index (χ4v) is 6.03. The molecule has 0 aliphatic heterocycles. The van der Waals surface area contributed by atoms with E-state index in [1.165, 1.54) is 23.8 Å². The number of carbonyl (C=O) groups excluding carboxylic acids is 2. The van der Waals surface area contributed by atoms with Crippen LogP contribution in [0.15, 0.2) is 48.0 Å². The molecule has 2 N–H and O–H groups in total. The Morgan fingerprint density at radius 2 is 1.94 bits per heavy atom. The Morgan fingerprint density at radius 3 is 2.66 bits per heavy atom. The molecule has 2 heterocycles. The molecular formula is C27H26ClN3O3S. The smallest absolute Gasteiger partial charge is 0.233 e. The van der Waals surface area contributed by atoms with Crippen LogP contribution in [0.2, 0.25) is 5.02 Å². The molecule has 1 aliphatic rings. The van der Waals surface area contributed by atoms with Gasteiger partial charge in [0.05, 0.1) is 17.0 Å². The van der Waals surface area contributed by atoms with Crippen molar-refractivity contribution < 1.29 is 14.7 Å². The highest BCUT2D eigenvalue weighted by Gasteiger charge is 2.31. The number of nitrogens with zero attached hydrogens (tertiary/aromatic N) is 2. The summed E-state index contributed by atoms with van der Waals surface area (Å²) in [5, 5.41) is 14.2. The molecule has 4 aromatic rings. The predicted molar refractivity (Wildman–Crippen MR) is 140 cm³/mol. The minimum Gasteiger partial charge on any atom is -0.507 e. The number of hydrogen-bond donors (Lipinski definition) is 2. The number of halogens is 1. The fourth-order valence-electron chi connectivity index (χ4n) is 5.08. The van der Waals surface area contributed by atoms with Crippen molar-refractivity contribution in [2.75, 3.05) is 4.90 Å². The third-order valence-electron chi connectivity index (χ3n) is 6.77. The summed E-state index contributed by atoms with van der Waals surface area (Å²) in [5.74, 6) is -0.579. The number of benzene rings is 2. The topological polar surface area (TPSA) is 86.3 Å². The molecule has 2 aromatic heterocycles. The molecule has 8 heteroatoms. The highest BCUT2D eigenvalue weighted by molar-refractivity contribution is 7.13. The lowest BCUT2D eigenvalue weighted by atomic mass is 9.93. The standard InChI is InChI=1S/C27H26ClN3O3S/c1-16-19(15-23(33)31(27-29-13-14-35-27)17-7-3-2-4-8-17)24-21(30-16)11-12-22(32)25(24)26(34)18-9-5-6-10-20(18)28/h5-6,9-14,17,30,32H,2-4,7-8,15H2,1H3. The van der Waals surface area contributed by atoms with Gasteiger partial charge in [0.1, 0.15) is 5.75 Å². The van der Waals surface area contributed by atoms with Gasteiger partial charge in [-0.3, -0.25) is 14.5 Å². The predicted octanol–water partition coefficient (Wildman–Crippen LogP) is 6.43. The summed E-state index contributed by atoms with van der Waals surface area (Å²) >= 11 is 7.77. The number of aromatic hydroxyl groups is 1. The van der Waals surface area contributed by atoms with Crippen LogP contribution < -0.4 is 4.90 Å². The molecule has 0 bridgehead atoms. The highest BCUT2D eigenvalue weighted by atomic mass is 35.5. The number of phenolic OH excluding ortho intramolecular Hbond substituents is 1. The Morgan fingerprint density at radius 1 is 1.17 bits per heavy atom. The maximum absolute atomic E-state index is 13.8. The van der Waals surface area contributed by atoms with Crippen LogP contribution in [0.4, 0.5) is 5.13 Å². The van der Waals surface area contributed by atoms with Crippen LogP contribution in [-0.4, -0.2) is 32.8 Å². The van der Waals surface area contributed by atoms with E-state index in [0.717, 1.165) is 31.4 Å². The number of aromatic amines is 1. The van der Waals surface area contributed by atoms with Crippen LogP contribution in [-0.2, 0) is 11.2 Å². The van der Waals surface area contributed by atoms with Gasteiger partial charge in [0.25, 0.3) is 0 Å². The Hall–Kier alpha value is -3.16. The zero-order chi connectivity index (χ0) is 24.5.